The molecule has 0 bridgehead atoms. The van der Waals surface area contributed by atoms with E-state index in [2.05, 4.69) is 25.9 Å². The topological polar surface area (TPSA) is 3.24 Å². The predicted molar refractivity (Wildman–Crippen MR) is 49.1 cm³/mol. The summed E-state index contributed by atoms with van der Waals surface area (Å²) in [6.45, 7) is 4.97. The molecule has 2 heteroatoms. The van der Waals surface area contributed by atoms with Crippen molar-refractivity contribution in [1.82, 2.24) is 4.90 Å². The number of nitrogens with zero attached hydrogens (tertiary/aromatic N) is 1. The van der Waals surface area contributed by atoms with Crippen LogP contribution in [-0.4, -0.2) is 43.1 Å². The zero-order valence-corrected chi connectivity index (χ0v) is 5.98. The molecule has 0 spiro atoms. The van der Waals surface area contributed by atoms with Crippen molar-refractivity contribution >= 4 is 17.6 Å². The third-order valence-electron chi connectivity index (χ3n) is 1.11. The molecular formula is C7H20GeN. The van der Waals surface area contributed by atoms with Gasteiger partial charge in [-0.2, -0.15) is 0 Å². The second-order valence-electron chi connectivity index (χ2n) is 2.36. The first-order valence-corrected chi connectivity index (χ1v) is 3.21. The molecule has 0 aliphatic heterocycles. The van der Waals surface area contributed by atoms with Gasteiger partial charge in [-0.1, -0.05) is 19.8 Å². The van der Waals surface area contributed by atoms with E-state index in [1.807, 2.05) is 0 Å². The third kappa shape index (κ3) is 11.9. The average Bonchev–Trinajstić information content (AvgIpc) is 1.66. The Kier molecular flexibility index (Phi) is 11.5. The minimum atomic E-state index is 0. The Hall–Kier alpha value is 0.503. The zero-order chi connectivity index (χ0) is 6.41. The number of unbranched alkanes of at least 4 members (excludes halogenated alkanes) is 2. The molecule has 1 radical (unpaired) electrons. The van der Waals surface area contributed by atoms with Crippen molar-refractivity contribution in [2.24, 2.45) is 0 Å². The average molecular weight is 191 g/mol. The number of hydrogen-bond donors (Lipinski definition) is 0. The summed E-state index contributed by atoms with van der Waals surface area (Å²) in [6, 6.07) is 0. The number of rotatable bonds is 4. The molecule has 0 aromatic heterocycles. The molecule has 0 saturated heterocycles. The second-order valence-corrected chi connectivity index (χ2v) is 2.36. The predicted octanol–water partition coefficient (Wildman–Crippen LogP) is 0.101. The molecule has 0 rings (SSSR count). The first-order chi connectivity index (χ1) is 3.77. The van der Waals surface area contributed by atoms with Crippen LogP contribution in [-0.2, 0) is 0 Å². The van der Waals surface area contributed by atoms with Gasteiger partial charge in [0, 0.05) is 0 Å². The monoisotopic (exact) mass is 192 g/mol. The standard InChI is InChI=1S/C7H16N.GeH4/c1-4-5-6-7-8(2)3;/h1,4-7H2,2-3H3;1H4. The van der Waals surface area contributed by atoms with Gasteiger partial charge in [-0.15, -0.1) is 0 Å². The Morgan fingerprint density at radius 2 is 1.78 bits per heavy atom. The molecule has 0 fully saturated rings. The van der Waals surface area contributed by atoms with E-state index in [-0.39, 0.29) is 17.6 Å². The Bertz CT molecular complexity index is 46.2. The SMILES string of the molecule is [CH2]CCCCN(C)C.[GeH4]. The molecule has 57 valence electrons. The van der Waals surface area contributed by atoms with E-state index in [0.717, 1.165) is 6.42 Å². The minimum absolute atomic E-state index is 0. The normalized spacial score (nSPS) is 9.33. The van der Waals surface area contributed by atoms with Gasteiger partial charge < -0.3 is 4.90 Å². The maximum atomic E-state index is 3.76. The van der Waals surface area contributed by atoms with Crippen LogP contribution in [0.15, 0.2) is 0 Å². The van der Waals surface area contributed by atoms with Crippen LogP contribution in [0, 0.1) is 6.92 Å². The first kappa shape index (κ1) is 12.2. The molecule has 9 heavy (non-hydrogen) atoms. The molecule has 0 aromatic carbocycles. The van der Waals surface area contributed by atoms with Crippen LogP contribution in [0.5, 0.6) is 0 Å². The van der Waals surface area contributed by atoms with Gasteiger partial charge in [0.25, 0.3) is 0 Å². The van der Waals surface area contributed by atoms with Gasteiger partial charge in [-0.05, 0) is 27.1 Å². The molecule has 0 unspecified atom stereocenters. The van der Waals surface area contributed by atoms with Crippen LogP contribution in [0.2, 0.25) is 0 Å². The Morgan fingerprint density at radius 1 is 1.22 bits per heavy atom. The van der Waals surface area contributed by atoms with Crippen LogP contribution in [0.25, 0.3) is 0 Å². The van der Waals surface area contributed by atoms with Crippen molar-refractivity contribution in [2.75, 3.05) is 20.6 Å². The van der Waals surface area contributed by atoms with Crippen molar-refractivity contribution in [1.29, 1.82) is 0 Å². The summed E-state index contributed by atoms with van der Waals surface area (Å²) in [5.74, 6) is 0. The van der Waals surface area contributed by atoms with E-state index >= 15 is 0 Å². The van der Waals surface area contributed by atoms with Gasteiger partial charge in [0.1, 0.15) is 0 Å². The van der Waals surface area contributed by atoms with E-state index in [1.54, 1.807) is 0 Å². The van der Waals surface area contributed by atoms with Crippen LogP contribution >= 0.6 is 0 Å². The molecular weight excluding hydrogens is 171 g/mol. The molecule has 0 amide bonds. The van der Waals surface area contributed by atoms with Crippen molar-refractivity contribution in [3.8, 4) is 0 Å². The Morgan fingerprint density at radius 3 is 2.11 bits per heavy atom. The summed E-state index contributed by atoms with van der Waals surface area (Å²) >= 11 is 0. The summed E-state index contributed by atoms with van der Waals surface area (Å²) < 4.78 is 0. The molecule has 0 aliphatic rings. The fourth-order valence-corrected chi connectivity index (χ4v) is 0.605. The first-order valence-electron chi connectivity index (χ1n) is 3.21. The van der Waals surface area contributed by atoms with E-state index in [4.69, 9.17) is 0 Å². The molecule has 0 aliphatic carbocycles. The van der Waals surface area contributed by atoms with Gasteiger partial charge >= 0.3 is 17.6 Å². The fraction of sp³-hybridized carbons (Fsp3) is 0.857. The molecule has 0 saturated carbocycles. The van der Waals surface area contributed by atoms with Gasteiger partial charge in [0.2, 0.25) is 0 Å². The van der Waals surface area contributed by atoms with Crippen LogP contribution in [0.1, 0.15) is 19.3 Å². The maximum absolute atomic E-state index is 3.76. The molecule has 0 aromatic rings. The Balaban J connectivity index is 0. The number of hydrogen-bond acceptors (Lipinski definition) is 1. The molecule has 0 heterocycles. The molecule has 0 atom stereocenters. The summed E-state index contributed by atoms with van der Waals surface area (Å²) in [4.78, 5) is 2.20. The molecule has 0 N–H and O–H groups in total. The Labute approximate surface area is 69.8 Å². The summed E-state index contributed by atoms with van der Waals surface area (Å²) in [6.07, 6.45) is 3.63. The second kappa shape index (κ2) is 8.50. The van der Waals surface area contributed by atoms with E-state index in [1.165, 1.54) is 19.4 Å². The fourth-order valence-electron chi connectivity index (χ4n) is 0.605. The van der Waals surface area contributed by atoms with Crippen LogP contribution < -0.4 is 0 Å². The van der Waals surface area contributed by atoms with Gasteiger partial charge in [0.15, 0.2) is 0 Å². The summed E-state index contributed by atoms with van der Waals surface area (Å²) in [7, 11) is 4.20. The van der Waals surface area contributed by atoms with Gasteiger partial charge in [0.05, 0.1) is 0 Å². The van der Waals surface area contributed by atoms with Crippen molar-refractivity contribution < 1.29 is 0 Å². The molecule has 1 nitrogen and oxygen atoms in total. The van der Waals surface area contributed by atoms with Crippen molar-refractivity contribution in [2.45, 2.75) is 19.3 Å². The van der Waals surface area contributed by atoms with E-state index in [0.29, 0.717) is 0 Å². The quantitative estimate of drug-likeness (QED) is 0.449. The third-order valence-corrected chi connectivity index (χ3v) is 1.11. The van der Waals surface area contributed by atoms with Crippen molar-refractivity contribution in [3.63, 3.8) is 0 Å². The summed E-state index contributed by atoms with van der Waals surface area (Å²) in [5.41, 5.74) is 0. The van der Waals surface area contributed by atoms with E-state index < -0.39 is 0 Å². The summed E-state index contributed by atoms with van der Waals surface area (Å²) in [5, 5.41) is 0. The van der Waals surface area contributed by atoms with E-state index in [9.17, 15) is 0 Å². The van der Waals surface area contributed by atoms with Gasteiger partial charge in [-0.25, -0.2) is 0 Å². The van der Waals surface area contributed by atoms with Gasteiger partial charge in [-0.3, -0.25) is 0 Å². The van der Waals surface area contributed by atoms with Crippen molar-refractivity contribution in [3.05, 3.63) is 6.92 Å². The van der Waals surface area contributed by atoms with Crippen LogP contribution in [0.4, 0.5) is 0 Å². The van der Waals surface area contributed by atoms with Crippen LogP contribution in [0.3, 0.4) is 0 Å². The zero-order valence-electron chi connectivity index (χ0n) is 5.98.